The van der Waals surface area contributed by atoms with E-state index in [0.29, 0.717) is 22.2 Å². The summed E-state index contributed by atoms with van der Waals surface area (Å²) in [5.74, 6) is -0.281. The Kier molecular flexibility index (Phi) is 6.01. The van der Waals surface area contributed by atoms with Crippen LogP contribution in [0, 0.1) is 0 Å². The molecule has 2 aromatic carbocycles. The molecule has 1 N–H and O–H groups in total. The second kappa shape index (κ2) is 8.85. The van der Waals surface area contributed by atoms with Crippen LogP contribution in [0.1, 0.15) is 30.1 Å². The van der Waals surface area contributed by atoms with Gasteiger partial charge in [0.25, 0.3) is 5.91 Å². The van der Waals surface area contributed by atoms with Crippen LogP contribution < -0.4 is 4.74 Å². The van der Waals surface area contributed by atoms with Crippen molar-refractivity contribution in [2.45, 2.75) is 18.9 Å². The van der Waals surface area contributed by atoms with Crippen LogP contribution in [0.3, 0.4) is 0 Å². The average molecular weight is 438 g/mol. The summed E-state index contributed by atoms with van der Waals surface area (Å²) in [6.07, 6.45) is 3.90. The minimum Gasteiger partial charge on any atom is -0.481 e. The number of nitrogens with zero attached hydrogens (tertiary/aromatic N) is 1. The van der Waals surface area contributed by atoms with Crippen LogP contribution in [0.4, 0.5) is 0 Å². The van der Waals surface area contributed by atoms with Gasteiger partial charge in [-0.15, -0.1) is 0 Å². The van der Waals surface area contributed by atoms with Gasteiger partial charge in [-0.2, -0.15) is 0 Å². The van der Waals surface area contributed by atoms with Crippen LogP contribution in [0.15, 0.2) is 71.2 Å². The number of para-hydroxylation sites is 1. The predicted octanol–water partition coefficient (Wildman–Crippen LogP) is 4.81. The highest BCUT2D eigenvalue weighted by atomic mass is 32.2. The SMILES string of the molecule is O=C(O)CCCN1C(=O)/C(=C/C2=Cc3ccccc3OC2c2ccccc2)SC1=S. The number of thiocarbonyl (C=S) groups is 1. The molecule has 7 heteroatoms. The highest BCUT2D eigenvalue weighted by molar-refractivity contribution is 8.26. The maximum absolute atomic E-state index is 12.9. The first-order valence-electron chi connectivity index (χ1n) is 9.52. The molecule has 1 atom stereocenters. The van der Waals surface area contributed by atoms with Crippen molar-refractivity contribution >= 4 is 46.3 Å². The Labute approximate surface area is 184 Å². The highest BCUT2D eigenvalue weighted by Gasteiger charge is 2.33. The van der Waals surface area contributed by atoms with E-state index in [-0.39, 0.29) is 18.4 Å². The Balaban J connectivity index is 1.64. The topological polar surface area (TPSA) is 66.8 Å². The first-order valence-corrected chi connectivity index (χ1v) is 10.7. The van der Waals surface area contributed by atoms with Crippen molar-refractivity contribution in [2.24, 2.45) is 0 Å². The molecule has 1 saturated heterocycles. The number of hydrogen-bond donors (Lipinski definition) is 1. The van der Waals surface area contributed by atoms with Crippen LogP contribution in [-0.2, 0) is 9.59 Å². The average Bonchev–Trinajstić information content (AvgIpc) is 3.01. The Hall–Kier alpha value is -2.90. The minimum absolute atomic E-state index is 0.00195. The van der Waals surface area contributed by atoms with Gasteiger partial charge in [0.1, 0.15) is 16.2 Å². The van der Waals surface area contributed by atoms with E-state index in [1.807, 2.05) is 66.7 Å². The van der Waals surface area contributed by atoms with Crippen molar-refractivity contribution in [3.8, 4) is 5.75 Å². The number of amides is 1. The number of aliphatic carboxylic acids is 1. The molecule has 0 saturated carbocycles. The monoisotopic (exact) mass is 437 g/mol. The van der Waals surface area contributed by atoms with E-state index in [0.717, 1.165) is 22.4 Å². The highest BCUT2D eigenvalue weighted by Crippen LogP contribution is 2.40. The van der Waals surface area contributed by atoms with Crippen LogP contribution in [0.2, 0.25) is 0 Å². The predicted molar refractivity (Wildman–Crippen MR) is 121 cm³/mol. The largest absolute Gasteiger partial charge is 0.481 e. The smallest absolute Gasteiger partial charge is 0.303 e. The molecule has 2 aliphatic rings. The van der Waals surface area contributed by atoms with Gasteiger partial charge in [0.15, 0.2) is 0 Å². The van der Waals surface area contributed by atoms with Gasteiger partial charge in [0.2, 0.25) is 0 Å². The number of carboxylic acid groups (broad SMARTS) is 1. The van der Waals surface area contributed by atoms with Crippen molar-refractivity contribution in [3.05, 3.63) is 82.3 Å². The van der Waals surface area contributed by atoms with E-state index in [4.69, 9.17) is 22.1 Å². The fraction of sp³-hybridized carbons (Fsp3) is 0.174. The van der Waals surface area contributed by atoms with E-state index in [1.165, 1.54) is 16.7 Å². The molecule has 0 bridgehead atoms. The lowest BCUT2D eigenvalue weighted by molar-refractivity contribution is -0.137. The third-order valence-corrected chi connectivity index (χ3v) is 6.21. The van der Waals surface area contributed by atoms with Gasteiger partial charge in [-0.05, 0) is 35.8 Å². The van der Waals surface area contributed by atoms with Crippen molar-refractivity contribution in [2.75, 3.05) is 6.54 Å². The first kappa shape index (κ1) is 20.4. The Morgan fingerprint density at radius 3 is 2.67 bits per heavy atom. The normalized spacial score (nSPS) is 19.5. The van der Waals surface area contributed by atoms with Crippen molar-refractivity contribution in [3.63, 3.8) is 0 Å². The van der Waals surface area contributed by atoms with E-state index < -0.39 is 5.97 Å². The molecule has 2 aliphatic heterocycles. The van der Waals surface area contributed by atoms with Gasteiger partial charge >= 0.3 is 5.97 Å². The quantitative estimate of drug-likeness (QED) is 0.517. The van der Waals surface area contributed by atoms with Crippen LogP contribution in [0.25, 0.3) is 6.08 Å². The summed E-state index contributed by atoms with van der Waals surface area (Å²) in [6.45, 7) is 0.300. The molecule has 5 nitrogen and oxygen atoms in total. The number of thioether (sulfide) groups is 1. The third-order valence-electron chi connectivity index (χ3n) is 4.83. The summed E-state index contributed by atoms with van der Waals surface area (Å²) in [7, 11) is 0. The molecule has 0 aliphatic carbocycles. The molecule has 2 aromatic rings. The summed E-state index contributed by atoms with van der Waals surface area (Å²) < 4.78 is 6.73. The number of hydrogen-bond acceptors (Lipinski definition) is 5. The minimum atomic E-state index is -0.884. The summed E-state index contributed by atoms with van der Waals surface area (Å²) in [6, 6.07) is 17.6. The van der Waals surface area contributed by atoms with Crippen molar-refractivity contribution in [1.82, 2.24) is 4.90 Å². The Morgan fingerprint density at radius 1 is 1.17 bits per heavy atom. The standard InChI is InChI=1S/C23H19NO4S2/c25-20(26)11-6-12-24-22(27)19(30-23(24)29)14-17-13-16-9-4-5-10-18(16)28-21(17)15-7-2-1-3-8-15/h1-5,7-10,13-14,21H,6,11-12H2,(H,25,26)/b19-14-. The van der Waals surface area contributed by atoms with Crippen LogP contribution >= 0.6 is 24.0 Å². The van der Waals surface area contributed by atoms with E-state index >= 15 is 0 Å². The van der Waals surface area contributed by atoms with E-state index in [2.05, 4.69) is 0 Å². The number of carbonyl (C=O) groups excluding carboxylic acids is 1. The van der Waals surface area contributed by atoms with Crippen molar-refractivity contribution in [1.29, 1.82) is 0 Å². The zero-order valence-corrected chi connectivity index (χ0v) is 17.6. The van der Waals surface area contributed by atoms with Crippen LogP contribution in [0.5, 0.6) is 5.75 Å². The van der Waals surface area contributed by atoms with E-state index in [9.17, 15) is 9.59 Å². The molecule has 0 aromatic heterocycles. The molecule has 30 heavy (non-hydrogen) atoms. The second-order valence-electron chi connectivity index (χ2n) is 6.92. The molecule has 0 spiro atoms. The summed E-state index contributed by atoms with van der Waals surface area (Å²) in [5.41, 5.74) is 2.81. The maximum atomic E-state index is 12.9. The second-order valence-corrected chi connectivity index (χ2v) is 8.60. The third kappa shape index (κ3) is 4.32. The molecule has 152 valence electrons. The van der Waals surface area contributed by atoms with Gasteiger partial charge in [-0.3, -0.25) is 14.5 Å². The van der Waals surface area contributed by atoms with Gasteiger partial charge in [-0.25, -0.2) is 0 Å². The molecular weight excluding hydrogens is 418 g/mol. The number of carbonyl (C=O) groups is 2. The molecule has 2 heterocycles. The number of fused-ring (bicyclic) bond motifs is 1. The summed E-state index contributed by atoms with van der Waals surface area (Å²) in [4.78, 5) is 25.6. The molecule has 0 radical (unpaired) electrons. The molecular formula is C23H19NO4S2. The summed E-state index contributed by atoms with van der Waals surface area (Å²) in [5, 5.41) is 8.83. The Morgan fingerprint density at radius 2 is 1.90 bits per heavy atom. The number of benzene rings is 2. The van der Waals surface area contributed by atoms with Gasteiger partial charge in [-0.1, -0.05) is 72.5 Å². The Bertz CT molecular complexity index is 1060. The lowest BCUT2D eigenvalue weighted by Crippen LogP contribution is -2.29. The number of ether oxygens (including phenoxy) is 1. The zero-order chi connectivity index (χ0) is 21.1. The summed E-state index contributed by atoms with van der Waals surface area (Å²) >= 11 is 6.59. The van der Waals surface area contributed by atoms with Gasteiger partial charge in [0, 0.05) is 18.5 Å². The fourth-order valence-corrected chi connectivity index (χ4v) is 4.70. The lowest BCUT2D eigenvalue weighted by atomic mass is 9.95. The van der Waals surface area contributed by atoms with E-state index in [1.54, 1.807) is 0 Å². The number of carboxylic acids is 1. The fourth-order valence-electron chi connectivity index (χ4n) is 3.40. The van der Waals surface area contributed by atoms with Crippen LogP contribution in [-0.4, -0.2) is 32.7 Å². The molecule has 4 rings (SSSR count). The van der Waals surface area contributed by atoms with Gasteiger partial charge < -0.3 is 9.84 Å². The molecule has 1 unspecified atom stereocenters. The maximum Gasteiger partial charge on any atom is 0.303 e. The van der Waals surface area contributed by atoms with Crippen molar-refractivity contribution < 1.29 is 19.4 Å². The molecule has 1 amide bonds. The van der Waals surface area contributed by atoms with Gasteiger partial charge in [0.05, 0.1) is 4.91 Å². The zero-order valence-electron chi connectivity index (χ0n) is 16.0. The first-order chi connectivity index (χ1) is 14.5. The molecule has 1 fully saturated rings. The number of rotatable bonds is 6. The lowest BCUT2D eigenvalue weighted by Gasteiger charge is -2.26.